The van der Waals surface area contributed by atoms with Crippen molar-refractivity contribution in [1.82, 2.24) is 0 Å². The molecule has 0 heterocycles. The lowest BCUT2D eigenvalue weighted by atomic mass is 10.1. The van der Waals surface area contributed by atoms with Gasteiger partial charge in [0.25, 0.3) is 0 Å². The number of aromatic hydroxyl groups is 3. The average Bonchev–Trinajstić information content (AvgIpc) is 2.36. The highest BCUT2D eigenvalue weighted by Crippen LogP contribution is 2.31. The SMILES string of the molecule is Cc1ccc(NC(C)c2cc(O)ccc2O)cc1O. The van der Waals surface area contributed by atoms with Crippen LogP contribution in [0.4, 0.5) is 5.69 Å². The Labute approximate surface area is 112 Å². The van der Waals surface area contributed by atoms with E-state index in [2.05, 4.69) is 5.32 Å². The maximum atomic E-state index is 9.78. The number of hydrogen-bond donors (Lipinski definition) is 4. The minimum Gasteiger partial charge on any atom is -0.508 e. The van der Waals surface area contributed by atoms with Crippen molar-refractivity contribution in [1.29, 1.82) is 0 Å². The first-order chi connectivity index (χ1) is 8.97. The number of rotatable bonds is 3. The minimum absolute atomic E-state index is 0.105. The van der Waals surface area contributed by atoms with Gasteiger partial charge in [-0.1, -0.05) is 6.07 Å². The van der Waals surface area contributed by atoms with Crippen LogP contribution in [-0.4, -0.2) is 15.3 Å². The van der Waals surface area contributed by atoms with E-state index < -0.39 is 0 Å². The lowest BCUT2D eigenvalue weighted by Crippen LogP contribution is -2.06. The summed E-state index contributed by atoms with van der Waals surface area (Å²) in [6, 6.07) is 9.50. The van der Waals surface area contributed by atoms with E-state index in [1.54, 1.807) is 6.07 Å². The predicted molar refractivity (Wildman–Crippen MR) is 74.7 cm³/mol. The van der Waals surface area contributed by atoms with Gasteiger partial charge in [0.05, 0.1) is 6.04 Å². The van der Waals surface area contributed by atoms with Crippen molar-refractivity contribution in [3.63, 3.8) is 0 Å². The second-order valence-electron chi connectivity index (χ2n) is 4.61. The molecule has 1 unspecified atom stereocenters. The minimum atomic E-state index is -0.200. The number of benzene rings is 2. The quantitative estimate of drug-likeness (QED) is 0.638. The Kier molecular flexibility index (Phi) is 3.51. The highest BCUT2D eigenvalue weighted by Gasteiger charge is 2.11. The topological polar surface area (TPSA) is 72.7 Å². The summed E-state index contributed by atoms with van der Waals surface area (Å²) >= 11 is 0. The van der Waals surface area contributed by atoms with Gasteiger partial charge in [-0.15, -0.1) is 0 Å². The summed E-state index contributed by atoms with van der Waals surface area (Å²) in [6.45, 7) is 3.69. The van der Waals surface area contributed by atoms with E-state index in [0.29, 0.717) is 5.56 Å². The summed E-state index contributed by atoms with van der Waals surface area (Å²) in [7, 11) is 0. The van der Waals surface area contributed by atoms with Crippen molar-refractivity contribution in [3.8, 4) is 17.2 Å². The Bertz CT molecular complexity index is 596. The van der Waals surface area contributed by atoms with Gasteiger partial charge in [0, 0.05) is 17.3 Å². The lowest BCUT2D eigenvalue weighted by molar-refractivity contribution is 0.451. The van der Waals surface area contributed by atoms with E-state index in [1.807, 2.05) is 26.0 Å². The molecular formula is C15H17NO3. The highest BCUT2D eigenvalue weighted by atomic mass is 16.3. The molecule has 0 aliphatic heterocycles. The molecule has 2 aromatic rings. The fourth-order valence-electron chi connectivity index (χ4n) is 1.92. The van der Waals surface area contributed by atoms with Crippen LogP contribution in [0.2, 0.25) is 0 Å². The molecule has 0 fully saturated rings. The summed E-state index contributed by atoms with van der Waals surface area (Å²) in [6.07, 6.45) is 0. The molecule has 2 aromatic carbocycles. The first-order valence-corrected chi connectivity index (χ1v) is 6.05. The van der Waals surface area contributed by atoms with Gasteiger partial charge in [-0.3, -0.25) is 0 Å². The molecule has 4 N–H and O–H groups in total. The maximum Gasteiger partial charge on any atom is 0.121 e. The molecule has 0 aliphatic rings. The summed E-state index contributed by atoms with van der Waals surface area (Å²) in [5.74, 6) is 0.444. The van der Waals surface area contributed by atoms with Gasteiger partial charge in [-0.25, -0.2) is 0 Å². The number of phenolic OH excluding ortho intramolecular Hbond substituents is 3. The summed E-state index contributed by atoms with van der Waals surface area (Å²) < 4.78 is 0. The van der Waals surface area contributed by atoms with Crippen molar-refractivity contribution in [2.45, 2.75) is 19.9 Å². The molecule has 4 heteroatoms. The molecule has 0 aromatic heterocycles. The van der Waals surface area contributed by atoms with E-state index in [4.69, 9.17) is 0 Å². The van der Waals surface area contributed by atoms with Crippen LogP contribution in [0.3, 0.4) is 0 Å². The van der Waals surface area contributed by atoms with Crippen LogP contribution >= 0.6 is 0 Å². The van der Waals surface area contributed by atoms with Gasteiger partial charge in [0.2, 0.25) is 0 Å². The van der Waals surface area contributed by atoms with E-state index in [9.17, 15) is 15.3 Å². The Hall–Kier alpha value is -2.36. The molecule has 0 bridgehead atoms. The third kappa shape index (κ3) is 2.91. The second kappa shape index (κ2) is 5.10. The Morgan fingerprint density at radius 3 is 2.37 bits per heavy atom. The van der Waals surface area contributed by atoms with Crippen molar-refractivity contribution in [2.24, 2.45) is 0 Å². The zero-order chi connectivity index (χ0) is 14.0. The molecule has 0 spiro atoms. The Balaban J connectivity index is 2.22. The van der Waals surface area contributed by atoms with Crippen molar-refractivity contribution >= 4 is 5.69 Å². The van der Waals surface area contributed by atoms with E-state index in [0.717, 1.165) is 11.3 Å². The molecule has 4 nitrogen and oxygen atoms in total. The smallest absolute Gasteiger partial charge is 0.121 e. The number of aryl methyl sites for hydroxylation is 1. The van der Waals surface area contributed by atoms with Gasteiger partial charge in [0.15, 0.2) is 0 Å². The van der Waals surface area contributed by atoms with Crippen LogP contribution < -0.4 is 5.32 Å². The molecule has 0 amide bonds. The summed E-state index contributed by atoms with van der Waals surface area (Å²) in [5, 5.41) is 32.1. The van der Waals surface area contributed by atoms with Crippen molar-refractivity contribution in [2.75, 3.05) is 5.32 Å². The Morgan fingerprint density at radius 2 is 1.68 bits per heavy atom. The molecule has 19 heavy (non-hydrogen) atoms. The van der Waals surface area contributed by atoms with Crippen LogP contribution in [0.5, 0.6) is 17.2 Å². The molecule has 0 aliphatic carbocycles. The molecule has 1 atom stereocenters. The molecule has 2 rings (SSSR count). The van der Waals surface area contributed by atoms with Gasteiger partial charge in [-0.2, -0.15) is 0 Å². The van der Waals surface area contributed by atoms with Gasteiger partial charge in [-0.05, 0) is 43.7 Å². The number of hydrogen-bond acceptors (Lipinski definition) is 4. The molecular weight excluding hydrogens is 242 g/mol. The lowest BCUT2D eigenvalue weighted by Gasteiger charge is -2.17. The normalized spacial score (nSPS) is 12.1. The maximum absolute atomic E-state index is 9.78. The molecule has 0 saturated carbocycles. The van der Waals surface area contributed by atoms with Crippen molar-refractivity contribution < 1.29 is 15.3 Å². The number of phenols is 3. The summed E-state index contributed by atoms with van der Waals surface area (Å²) in [5.41, 5.74) is 2.15. The van der Waals surface area contributed by atoms with Crippen LogP contribution in [0.15, 0.2) is 36.4 Å². The van der Waals surface area contributed by atoms with Crippen LogP contribution in [0.25, 0.3) is 0 Å². The van der Waals surface area contributed by atoms with Crippen molar-refractivity contribution in [3.05, 3.63) is 47.5 Å². The molecule has 0 radical (unpaired) electrons. The van der Waals surface area contributed by atoms with Gasteiger partial charge >= 0.3 is 0 Å². The zero-order valence-corrected chi connectivity index (χ0v) is 10.9. The number of nitrogens with one attached hydrogen (secondary N) is 1. The second-order valence-corrected chi connectivity index (χ2v) is 4.61. The first kappa shape index (κ1) is 13.1. The fourth-order valence-corrected chi connectivity index (χ4v) is 1.92. The monoisotopic (exact) mass is 259 g/mol. The van der Waals surface area contributed by atoms with Crippen LogP contribution in [0.1, 0.15) is 24.1 Å². The molecule has 100 valence electrons. The third-order valence-corrected chi connectivity index (χ3v) is 3.07. The highest BCUT2D eigenvalue weighted by molar-refractivity contribution is 5.53. The average molecular weight is 259 g/mol. The fraction of sp³-hybridized carbons (Fsp3) is 0.200. The van der Waals surface area contributed by atoms with Gasteiger partial charge < -0.3 is 20.6 Å². The first-order valence-electron chi connectivity index (χ1n) is 6.05. The Morgan fingerprint density at radius 1 is 0.947 bits per heavy atom. The molecule has 0 saturated heterocycles. The summed E-state index contributed by atoms with van der Waals surface area (Å²) in [4.78, 5) is 0. The van der Waals surface area contributed by atoms with E-state index in [-0.39, 0.29) is 23.3 Å². The van der Waals surface area contributed by atoms with E-state index >= 15 is 0 Å². The van der Waals surface area contributed by atoms with Crippen LogP contribution in [0, 0.1) is 6.92 Å². The van der Waals surface area contributed by atoms with Crippen LogP contribution in [-0.2, 0) is 0 Å². The van der Waals surface area contributed by atoms with Gasteiger partial charge in [0.1, 0.15) is 17.2 Å². The van der Waals surface area contributed by atoms with E-state index in [1.165, 1.54) is 18.2 Å². The largest absolute Gasteiger partial charge is 0.508 e. The standard InChI is InChI=1S/C15H17NO3/c1-9-3-4-11(7-15(9)19)16-10(2)13-8-12(17)5-6-14(13)18/h3-8,10,16-19H,1-2H3. The zero-order valence-electron chi connectivity index (χ0n) is 10.9. The number of anilines is 1. The third-order valence-electron chi connectivity index (χ3n) is 3.07. The predicted octanol–water partition coefficient (Wildman–Crippen LogP) is 3.28.